The quantitative estimate of drug-likeness (QED) is 0.696. The molecule has 3 aromatic rings. The van der Waals surface area contributed by atoms with E-state index in [4.69, 9.17) is 4.74 Å². The molecule has 2 aromatic carbocycles. The van der Waals surface area contributed by atoms with E-state index in [9.17, 15) is 4.79 Å². The summed E-state index contributed by atoms with van der Waals surface area (Å²) in [5, 5.41) is 0. The third kappa shape index (κ3) is 4.33. The lowest BCUT2D eigenvalue weighted by molar-refractivity contribution is 0.300. The highest BCUT2D eigenvalue weighted by Crippen LogP contribution is 2.08. The van der Waals surface area contributed by atoms with Gasteiger partial charge in [-0.25, -0.2) is 0 Å². The number of aromatic nitrogens is 1. The number of benzene rings is 2. The van der Waals surface area contributed by atoms with Crippen molar-refractivity contribution in [2.24, 2.45) is 0 Å². The molecule has 0 saturated heterocycles. The van der Waals surface area contributed by atoms with Crippen molar-refractivity contribution >= 4 is 0 Å². The summed E-state index contributed by atoms with van der Waals surface area (Å²) >= 11 is 0. The highest BCUT2D eigenvalue weighted by molar-refractivity contribution is 5.20. The second-order valence-corrected chi connectivity index (χ2v) is 5.42. The zero-order valence-corrected chi connectivity index (χ0v) is 12.9. The predicted molar refractivity (Wildman–Crippen MR) is 91.6 cm³/mol. The Morgan fingerprint density at radius 3 is 2.17 bits per heavy atom. The lowest BCUT2D eigenvalue weighted by Crippen LogP contribution is -2.11. The van der Waals surface area contributed by atoms with E-state index in [1.54, 1.807) is 18.5 Å². The van der Waals surface area contributed by atoms with Crippen LogP contribution in [0.4, 0.5) is 0 Å². The Morgan fingerprint density at radius 2 is 1.48 bits per heavy atom. The predicted octanol–water partition coefficient (Wildman–Crippen LogP) is 3.67. The zero-order valence-electron chi connectivity index (χ0n) is 12.9. The van der Waals surface area contributed by atoms with Crippen LogP contribution in [0.3, 0.4) is 0 Å². The first-order valence-corrected chi connectivity index (χ1v) is 7.72. The van der Waals surface area contributed by atoms with Crippen LogP contribution in [0.1, 0.15) is 11.1 Å². The molecule has 1 aromatic heterocycles. The van der Waals surface area contributed by atoms with Crippen molar-refractivity contribution in [1.82, 2.24) is 4.57 Å². The summed E-state index contributed by atoms with van der Waals surface area (Å²) in [7, 11) is 0. The molecule has 0 aliphatic heterocycles. The van der Waals surface area contributed by atoms with Crippen molar-refractivity contribution in [3.8, 4) is 5.75 Å². The Labute approximate surface area is 135 Å². The van der Waals surface area contributed by atoms with Crippen molar-refractivity contribution in [1.29, 1.82) is 0 Å². The van der Waals surface area contributed by atoms with Gasteiger partial charge in [0.1, 0.15) is 6.61 Å². The SMILES string of the molecule is O=c1ccn(CCc2ccccc2)cc1OCc1ccccc1. The maximum Gasteiger partial charge on any atom is 0.223 e. The minimum absolute atomic E-state index is 0.0862. The Bertz CT molecular complexity index is 795. The monoisotopic (exact) mass is 305 g/mol. The van der Waals surface area contributed by atoms with E-state index in [1.165, 1.54) is 5.56 Å². The summed E-state index contributed by atoms with van der Waals surface area (Å²) < 4.78 is 7.68. The van der Waals surface area contributed by atoms with E-state index < -0.39 is 0 Å². The van der Waals surface area contributed by atoms with Gasteiger partial charge in [0, 0.05) is 18.8 Å². The number of hydrogen-bond donors (Lipinski definition) is 0. The first-order valence-electron chi connectivity index (χ1n) is 7.72. The second-order valence-electron chi connectivity index (χ2n) is 5.42. The molecule has 0 N–H and O–H groups in total. The van der Waals surface area contributed by atoms with Gasteiger partial charge in [0.15, 0.2) is 5.75 Å². The molecule has 0 unspecified atom stereocenters. The van der Waals surface area contributed by atoms with Crippen molar-refractivity contribution < 1.29 is 4.74 Å². The molecule has 0 atom stereocenters. The average Bonchev–Trinajstić information content (AvgIpc) is 2.62. The zero-order chi connectivity index (χ0) is 15.9. The van der Waals surface area contributed by atoms with Gasteiger partial charge in [-0.15, -0.1) is 0 Å². The molecule has 23 heavy (non-hydrogen) atoms. The van der Waals surface area contributed by atoms with Gasteiger partial charge in [0.2, 0.25) is 5.43 Å². The van der Waals surface area contributed by atoms with E-state index in [0.717, 1.165) is 18.5 Å². The molecule has 0 saturated carbocycles. The standard InChI is InChI=1S/C20H19NO2/c22-19-12-14-21(13-11-17-7-3-1-4-8-17)15-20(19)23-16-18-9-5-2-6-10-18/h1-10,12,14-15H,11,13,16H2. The van der Waals surface area contributed by atoms with E-state index in [2.05, 4.69) is 12.1 Å². The molecule has 0 amide bonds. The highest BCUT2D eigenvalue weighted by Gasteiger charge is 2.03. The number of nitrogens with zero attached hydrogens (tertiary/aromatic N) is 1. The van der Waals surface area contributed by atoms with E-state index in [-0.39, 0.29) is 5.43 Å². The largest absolute Gasteiger partial charge is 0.483 e. The van der Waals surface area contributed by atoms with Gasteiger partial charge in [-0.05, 0) is 17.5 Å². The third-order valence-corrected chi connectivity index (χ3v) is 3.68. The van der Waals surface area contributed by atoms with Crippen LogP contribution < -0.4 is 10.2 Å². The van der Waals surface area contributed by atoms with Crippen LogP contribution in [-0.2, 0) is 19.6 Å². The number of pyridine rings is 1. The Kier molecular flexibility index (Phi) is 4.89. The van der Waals surface area contributed by atoms with Crippen LogP contribution in [0, 0.1) is 0 Å². The number of ether oxygens (including phenoxy) is 1. The lowest BCUT2D eigenvalue weighted by Gasteiger charge is -2.10. The van der Waals surface area contributed by atoms with Gasteiger partial charge in [-0.1, -0.05) is 60.7 Å². The van der Waals surface area contributed by atoms with Crippen LogP contribution >= 0.6 is 0 Å². The Balaban J connectivity index is 1.65. The van der Waals surface area contributed by atoms with Crippen molar-refractivity contribution in [3.63, 3.8) is 0 Å². The fourth-order valence-electron chi connectivity index (χ4n) is 2.39. The number of aryl methyl sites for hydroxylation is 2. The smallest absolute Gasteiger partial charge is 0.223 e. The summed E-state index contributed by atoms with van der Waals surface area (Å²) in [6.45, 7) is 1.21. The van der Waals surface area contributed by atoms with Gasteiger partial charge < -0.3 is 9.30 Å². The molecular weight excluding hydrogens is 286 g/mol. The lowest BCUT2D eigenvalue weighted by atomic mass is 10.1. The van der Waals surface area contributed by atoms with Crippen LogP contribution in [0.25, 0.3) is 0 Å². The van der Waals surface area contributed by atoms with E-state index in [1.807, 2.05) is 53.1 Å². The molecule has 0 aliphatic rings. The number of rotatable bonds is 6. The van der Waals surface area contributed by atoms with Crippen LogP contribution in [0.2, 0.25) is 0 Å². The number of hydrogen-bond acceptors (Lipinski definition) is 2. The summed E-state index contributed by atoms with van der Waals surface area (Å²) in [5.74, 6) is 0.393. The molecule has 0 radical (unpaired) electrons. The maximum absolute atomic E-state index is 11.9. The molecule has 116 valence electrons. The molecule has 0 bridgehead atoms. The second kappa shape index (κ2) is 7.45. The molecule has 0 fully saturated rings. The van der Waals surface area contributed by atoms with E-state index >= 15 is 0 Å². The minimum atomic E-state index is -0.0862. The van der Waals surface area contributed by atoms with Gasteiger partial charge in [0.05, 0.1) is 6.20 Å². The van der Waals surface area contributed by atoms with E-state index in [0.29, 0.717) is 12.4 Å². The normalized spacial score (nSPS) is 10.4. The molecule has 0 spiro atoms. The van der Waals surface area contributed by atoms with Crippen molar-refractivity contribution in [3.05, 3.63) is 100 Å². The van der Waals surface area contributed by atoms with Crippen LogP contribution in [0.5, 0.6) is 5.75 Å². The van der Waals surface area contributed by atoms with Crippen LogP contribution in [-0.4, -0.2) is 4.57 Å². The summed E-state index contributed by atoms with van der Waals surface area (Å²) in [6, 6.07) is 21.7. The summed E-state index contributed by atoms with van der Waals surface area (Å²) in [5.41, 5.74) is 2.24. The van der Waals surface area contributed by atoms with Gasteiger partial charge in [-0.3, -0.25) is 4.79 Å². The molecule has 1 heterocycles. The highest BCUT2D eigenvalue weighted by atomic mass is 16.5. The maximum atomic E-state index is 11.9. The van der Waals surface area contributed by atoms with Crippen molar-refractivity contribution in [2.45, 2.75) is 19.6 Å². The van der Waals surface area contributed by atoms with Crippen molar-refractivity contribution in [2.75, 3.05) is 0 Å². The van der Waals surface area contributed by atoms with Gasteiger partial charge in [-0.2, -0.15) is 0 Å². The van der Waals surface area contributed by atoms with Gasteiger partial charge >= 0.3 is 0 Å². The van der Waals surface area contributed by atoms with Gasteiger partial charge in [0.25, 0.3) is 0 Å². The fraction of sp³-hybridized carbons (Fsp3) is 0.150. The average molecular weight is 305 g/mol. The first kappa shape index (κ1) is 15.1. The topological polar surface area (TPSA) is 31.2 Å². The molecule has 0 aliphatic carbocycles. The molecule has 3 nitrogen and oxygen atoms in total. The Hall–Kier alpha value is -2.81. The Morgan fingerprint density at radius 1 is 0.826 bits per heavy atom. The fourth-order valence-corrected chi connectivity index (χ4v) is 2.39. The van der Waals surface area contributed by atoms with Crippen LogP contribution in [0.15, 0.2) is 83.9 Å². The molecule has 3 rings (SSSR count). The molecular formula is C20H19NO2. The minimum Gasteiger partial charge on any atom is -0.483 e. The third-order valence-electron chi connectivity index (χ3n) is 3.68. The summed E-state index contributed by atoms with van der Waals surface area (Å²) in [6.07, 6.45) is 4.51. The summed E-state index contributed by atoms with van der Waals surface area (Å²) in [4.78, 5) is 11.9. The molecule has 3 heteroatoms. The first-order chi connectivity index (χ1) is 11.3.